The van der Waals surface area contributed by atoms with Gasteiger partial charge in [0.2, 0.25) is 0 Å². The zero-order chi connectivity index (χ0) is 14.7. The summed E-state index contributed by atoms with van der Waals surface area (Å²) in [4.78, 5) is 13.9. The first-order chi connectivity index (χ1) is 9.47. The van der Waals surface area contributed by atoms with Gasteiger partial charge < -0.3 is 4.90 Å². The lowest BCUT2D eigenvalue weighted by Gasteiger charge is -2.18. The van der Waals surface area contributed by atoms with Crippen LogP contribution in [0, 0.1) is 19.7 Å². The minimum atomic E-state index is -0.289. The summed E-state index contributed by atoms with van der Waals surface area (Å²) in [5.41, 5.74) is 3.26. The molecule has 0 aliphatic heterocycles. The molecule has 2 aromatic rings. The minimum absolute atomic E-state index is 0.103. The van der Waals surface area contributed by atoms with E-state index in [1.165, 1.54) is 17.7 Å². The van der Waals surface area contributed by atoms with E-state index in [9.17, 15) is 9.18 Å². The second-order valence-corrected chi connectivity index (χ2v) is 5.11. The highest BCUT2D eigenvalue weighted by Gasteiger charge is 2.13. The molecule has 2 aromatic carbocycles. The van der Waals surface area contributed by atoms with Gasteiger partial charge in [-0.05, 0) is 43.2 Å². The molecule has 3 heteroatoms. The Morgan fingerprint density at radius 3 is 2.35 bits per heavy atom. The third kappa shape index (κ3) is 3.23. The first-order valence-corrected chi connectivity index (χ1v) is 6.54. The third-order valence-corrected chi connectivity index (χ3v) is 3.29. The highest BCUT2D eigenvalue weighted by molar-refractivity contribution is 5.94. The number of halogens is 1. The molecule has 0 spiro atoms. The predicted molar refractivity (Wildman–Crippen MR) is 78.1 cm³/mol. The molecule has 0 aromatic heterocycles. The number of rotatable bonds is 3. The summed E-state index contributed by atoms with van der Waals surface area (Å²) in [5, 5.41) is 0. The van der Waals surface area contributed by atoms with Crippen molar-refractivity contribution >= 4 is 5.91 Å². The standard InChI is InChI=1S/C17H18FNO/c1-12-4-6-14(7-5-12)11-19(3)17(20)15-8-9-16(18)13(2)10-15/h4-10H,11H2,1-3H3. The fourth-order valence-corrected chi connectivity index (χ4v) is 2.04. The Morgan fingerprint density at radius 1 is 1.10 bits per heavy atom. The predicted octanol–water partition coefficient (Wildman–Crippen LogP) is 3.71. The van der Waals surface area contributed by atoms with Gasteiger partial charge in [0.15, 0.2) is 0 Å². The van der Waals surface area contributed by atoms with E-state index in [2.05, 4.69) is 0 Å². The molecule has 0 aliphatic rings. The first-order valence-electron chi connectivity index (χ1n) is 6.54. The van der Waals surface area contributed by atoms with Gasteiger partial charge in [0, 0.05) is 19.2 Å². The van der Waals surface area contributed by atoms with E-state index in [0.717, 1.165) is 5.56 Å². The van der Waals surface area contributed by atoms with E-state index in [-0.39, 0.29) is 11.7 Å². The molecule has 0 aliphatic carbocycles. The number of benzene rings is 2. The maximum atomic E-state index is 13.2. The van der Waals surface area contributed by atoms with Crippen molar-refractivity contribution in [2.45, 2.75) is 20.4 Å². The van der Waals surface area contributed by atoms with Crippen LogP contribution >= 0.6 is 0 Å². The minimum Gasteiger partial charge on any atom is -0.337 e. The number of hydrogen-bond acceptors (Lipinski definition) is 1. The summed E-state index contributed by atoms with van der Waals surface area (Å²) >= 11 is 0. The van der Waals surface area contributed by atoms with Crippen LogP contribution in [0.4, 0.5) is 4.39 Å². The molecule has 0 N–H and O–H groups in total. The molecule has 2 nitrogen and oxygen atoms in total. The molecule has 0 heterocycles. The van der Waals surface area contributed by atoms with Crippen molar-refractivity contribution in [1.29, 1.82) is 0 Å². The fourth-order valence-electron chi connectivity index (χ4n) is 2.04. The molecule has 0 radical (unpaired) electrons. The van der Waals surface area contributed by atoms with E-state index in [1.807, 2.05) is 31.2 Å². The van der Waals surface area contributed by atoms with E-state index < -0.39 is 0 Å². The zero-order valence-electron chi connectivity index (χ0n) is 12.0. The topological polar surface area (TPSA) is 20.3 Å². The number of carbonyl (C=O) groups excluding carboxylic acids is 1. The average molecular weight is 271 g/mol. The summed E-state index contributed by atoms with van der Waals surface area (Å²) in [6.45, 7) is 4.22. The van der Waals surface area contributed by atoms with Gasteiger partial charge in [0.05, 0.1) is 0 Å². The van der Waals surface area contributed by atoms with Crippen LogP contribution in [0.3, 0.4) is 0 Å². The lowest BCUT2D eigenvalue weighted by Crippen LogP contribution is -2.26. The van der Waals surface area contributed by atoms with E-state index in [4.69, 9.17) is 0 Å². The normalized spacial score (nSPS) is 10.4. The summed E-state index contributed by atoms with van der Waals surface area (Å²) in [5.74, 6) is -0.392. The van der Waals surface area contributed by atoms with Gasteiger partial charge in [-0.2, -0.15) is 0 Å². The Bertz CT molecular complexity index is 619. The SMILES string of the molecule is Cc1ccc(CN(C)C(=O)c2ccc(F)c(C)c2)cc1. The van der Waals surface area contributed by atoms with Gasteiger partial charge in [-0.25, -0.2) is 4.39 Å². The maximum Gasteiger partial charge on any atom is 0.253 e. The van der Waals surface area contributed by atoms with Crippen molar-refractivity contribution in [3.63, 3.8) is 0 Å². The van der Waals surface area contributed by atoms with Gasteiger partial charge in [0.1, 0.15) is 5.82 Å². The molecule has 0 fully saturated rings. The number of amides is 1. The Kier molecular flexibility index (Phi) is 4.18. The van der Waals surface area contributed by atoms with Crippen molar-refractivity contribution in [2.75, 3.05) is 7.05 Å². The van der Waals surface area contributed by atoms with Crippen LogP contribution in [0.5, 0.6) is 0 Å². The number of carbonyl (C=O) groups is 1. The quantitative estimate of drug-likeness (QED) is 0.833. The van der Waals surface area contributed by atoms with Crippen molar-refractivity contribution in [3.05, 3.63) is 70.5 Å². The van der Waals surface area contributed by atoms with E-state index in [0.29, 0.717) is 17.7 Å². The number of nitrogens with zero attached hydrogens (tertiary/aromatic N) is 1. The summed E-state index contributed by atoms with van der Waals surface area (Å²) < 4.78 is 13.2. The molecule has 20 heavy (non-hydrogen) atoms. The average Bonchev–Trinajstić information content (AvgIpc) is 2.43. The lowest BCUT2D eigenvalue weighted by molar-refractivity contribution is 0.0785. The maximum absolute atomic E-state index is 13.2. The zero-order valence-corrected chi connectivity index (χ0v) is 12.0. The highest BCUT2D eigenvalue weighted by Crippen LogP contribution is 2.13. The Balaban J connectivity index is 2.11. The highest BCUT2D eigenvalue weighted by atomic mass is 19.1. The molecule has 1 amide bonds. The van der Waals surface area contributed by atoms with Crippen molar-refractivity contribution < 1.29 is 9.18 Å². The lowest BCUT2D eigenvalue weighted by atomic mass is 10.1. The van der Waals surface area contributed by atoms with Crippen LogP contribution in [-0.4, -0.2) is 17.9 Å². The monoisotopic (exact) mass is 271 g/mol. The van der Waals surface area contributed by atoms with E-state index >= 15 is 0 Å². The van der Waals surface area contributed by atoms with Crippen molar-refractivity contribution in [3.8, 4) is 0 Å². The number of aryl methyl sites for hydroxylation is 2. The summed E-state index contributed by atoms with van der Waals surface area (Å²) in [6.07, 6.45) is 0. The van der Waals surface area contributed by atoms with Gasteiger partial charge in [-0.1, -0.05) is 29.8 Å². The van der Waals surface area contributed by atoms with Gasteiger partial charge in [-0.3, -0.25) is 4.79 Å². The number of hydrogen-bond donors (Lipinski definition) is 0. The molecule has 0 bridgehead atoms. The smallest absolute Gasteiger partial charge is 0.253 e. The van der Waals surface area contributed by atoms with Crippen LogP contribution in [-0.2, 0) is 6.54 Å². The molecule has 0 unspecified atom stereocenters. The molecule has 2 rings (SSSR count). The van der Waals surface area contributed by atoms with Crippen LogP contribution in [0.25, 0.3) is 0 Å². The first kappa shape index (κ1) is 14.3. The molecular weight excluding hydrogens is 253 g/mol. The molecular formula is C17H18FNO. The van der Waals surface area contributed by atoms with Crippen molar-refractivity contribution in [1.82, 2.24) is 4.90 Å². The van der Waals surface area contributed by atoms with E-state index in [1.54, 1.807) is 24.9 Å². The van der Waals surface area contributed by atoms with Crippen LogP contribution in [0.1, 0.15) is 27.0 Å². The molecule has 0 saturated heterocycles. The van der Waals surface area contributed by atoms with Crippen LogP contribution in [0.15, 0.2) is 42.5 Å². The summed E-state index contributed by atoms with van der Waals surface area (Å²) in [7, 11) is 1.75. The molecule has 0 atom stereocenters. The second kappa shape index (κ2) is 5.87. The Labute approximate surface area is 118 Å². The largest absolute Gasteiger partial charge is 0.337 e. The molecule has 0 saturated carbocycles. The third-order valence-electron chi connectivity index (χ3n) is 3.29. The van der Waals surface area contributed by atoms with Crippen molar-refractivity contribution in [2.24, 2.45) is 0 Å². The Morgan fingerprint density at radius 2 is 1.75 bits per heavy atom. The van der Waals surface area contributed by atoms with Gasteiger partial charge >= 0.3 is 0 Å². The summed E-state index contributed by atoms with van der Waals surface area (Å²) in [6, 6.07) is 12.5. The van der Waals surface area contributed by atoms with Gasteiger partial charge in [0.25, 0.3) is 5.91 Å². The second-order valence-electron chi connectivity index (χ2n) is 5.11. The Hall–Kier alpha value is -2.16. The fraction of sp³-hybridized carbons (Fsp3) is 0.235. The molecule has 104 valence electrons. The van der Waals surface area contributed by atoms with Crippen LogP contribution < -0.4 is 0 Å². The van der Waals surface area contributed by atoms with Crippen LogP contribution in [0.2, 0.25) is 0 Å². The van der Waals surface area contributed by atoms with Gasteiger partial charge in [-0.15, -0.1) is 0 Å².